The van der Waals surface area contributed by atoms with Crippen molar-refractivity contribution in [3.8, 4) is 0 Å². The number of hydrogen-bond donors (Lipinski definition) is 0. The summed E-state index contributed by atoms with van der Waals surface area (Å²) < 4.78 is 5.84. The third-order valence-electron chi connectivity index (χ3n) is 4.49. The van der Waals surface area contributed by atoms with Gasteiger partial charge in [0.2, 0.25) is 0 Å². The number of pyridine rings is 1. The summed E-state index contributed by atoms with van der Waals surface area (Å²) in [5.74, 6) is 0. The zero-order chi connectivity index (χ0) is 16.6. The van der Waals surface area contributed by atoms with E-state index < -0.39 is 0 Å². The van der Waals surface area contributed by atoms with Crippen molar-refractivity contribution in [3.05, 3.63) is 71.6 Å². The van der Waals surface area contributed by atoms with Crippen LogP contribution < -0.4 is 0 Å². The van der Waals surface area contributed by atoms with Gasteiger partial charge in [-0.05, 0) is 42.5 Å². The smallest absolute Gasteiger partial charge is 0.0703 e. The minimum atomic E-state index is 0.372. The Balaban J connectivity index is 1.64. The third kappa shape index (κ3) is 5.02. The fourth-order valence-electron chi connectivity index (χ4n) is 3.10. The van der Waals surface area contributed by atoms with Crippen molar-refractivity contribution in [3.63, 3.8) is 0 Å². The normalized spacial score (nSPS) is 17.8. The monoisotopic (exact) mass is 322 g/mol. The van der Waals surface area contributed by atoms with E-state index in [9.17, 15) is 0 Å². The molecule has 0 saturated carbocycles. The molecule has 0 spiro atoms. The molecular formula is C21H26N2O. The van der Waals surface area contributed by atoms with Crippen molar-refractivity contribution in [2.75, 3.05) is 19.7 Å². The van der Waals surface area contributed by atoms with Gasteiger partial charge in [-0.15, -0.1) is 0 Å². The Hall–Kier alpha value is -1.97. The van der Waals surface area contributed by atoms with E-state index in [1.54, 1.807) is 0 Å². The van der Waals surface area contributed by atoms with E-state index in [4.69, 9.17) is 4.74 Å². The minimum Gasteiger partial charge on any atom is -0.377 e. The summed E-state index contributed by atoms with van der Waals surface area (Å²) in [6.07, 6.45) is 11.0. The van der Waals surface area contributed by atoms with Gasteiger partial charge in [-0.3, -0.25) is 9.88 Å². The molecule has 2 heterocycles. The average Bonchev–Trinajstić information content (AvgIpc) is 3.11. The zero-order valence-corrected chi connectivity index (χ0v) is 14.4. The van der Waals surface area contributed by atoms with Crippen molar-refractivity contribution >= 4 is 6.08 Å². The quantitative estimate of drug-likeness (QED) is 0.768. The van der Waals surface area contributed by atoms with Gasteiger partial charge in [-0.1, -0.05) is 42.5 Å². The van der Waals surface area contributed by atoms with Crippen LogP contribution in [0.4, 0.5) is 0 Å². The van der Waals surface area contributed by atoms with Crippen LogP contribution in [0.3, 0.4) is 0 Å². The Bertz CT molecular complexity index is 648. The molecule has 1 aromatic carbocycles. The maximum absolute atomic E-state index is 5.84. The van der Waals surface area contributed by atoms with E-state index in [2.05, 4.69) is 59.3 Å². The van der Waals surface area contributed by atoms with E-state index in [0.717, 1.165) is 26.2 Å². The maximum atomic E-state index is 5.84. The molecule has 1 aliphatic heterocycles. The lowest BCUT2D eigenvalue weighted by atomic mass is 10.1. The van der Waals surface area contributed by atoms with Crippen molar-refractivity contribution in [2.45, 2.75) is 32.4 Å². The molecular weight excluding hydrogens is 296 g/mol. The fraction of sp³-hybridized carbons (Fsp3) is 0.381. The highest BCUT2D eigenvalue weighted by Crippen LogP contribution is 2.16. The molecule has 1 aliphatic rings. The van der Waals surface area contributed by atoms with Crippen molar-refractivity contribution in [1.29, 1.82) is 0 Å². The van der Waals surface area contributed by atoms with E-state index >= 15 is 0 Å². The SMILES string of the molecule is Cc1cnccc1CN(C/C=C/c1ccccc1)C[C@H]1CCCO1. The molecule has 0 radical (unpaired) electrons. The first-order valence-corrected chi connectivity index (χ1v) is 8.76. The van der Waals surface area contributed by atoms with E-state index in [-0.39, 0.29) is 0 Å². The summed E-state index contributed by atoms with van der Waals surface area (Å²) in [5.41, 5.74) is 3.84. The van der Waals surface area contributed by atoms with Gasteiger partial charge in [-0.2, -0.15) is 0 Å². The Labute approximate surface area is 145 Å². The summed E-state index contributed by atoms with van der Waals surface area (Å²) in [6.45, 7) is 5.89. The maximum Gasteiger partial charge on any atom is 0.0703 e. The van der Waals surface area contributed by atoms with Crippen molar-refractivity contribution < 1.29 is 4.74 Å². The molecule has 0 aliphatic carbocycles. The second-order valence-electron chi connectivity index (χ2n) is 6.44. The Morgan fingerprint density at radius 1 is 1.25 bits per heavy atom. The highest BCUT2D eigenvalue weighted by Gasteiger charge is 2.19. The van der Waals surface area contributed by atoms with Crippen LogP contribution in [0.1, 0.15) is 29.5 Å². The number of nitrogens with zero attached hydrogens (tertiary/aromatic N) is 2. The largest absolute Gasteiger partial charge is 0.377 e. The lowest BCUT2D eigenvalue weighted by Gasteiger charge is -2.24. The summed E-state index contributed by atoms with van der Waals surface area (Å²) in [7, 11) is 0. The number of aryl methyl sites for hydroxylation is 1. The minimum absolute atomic E-state index is 0.372. The molecule has 0 N–H and O–H groups in total. The molecule has 126 valence electrons. The van der Waals surface area contributed by atoms with Gasteiger partial charge >= 0.3 is 0 Å². The lowest BCUT2D eigenvalue weighted by Crippen LogP contribution is -2.32. The predicted octanol–water partition coefficient (Wildman–Crippen LogP) is 4.08. The topological polar surface area (TPSA) is 25.4 Å². The van der Waals surface area contributed by atoms with Crippen molar-refractivity contribution in [1.82, 2.24) is 9.88 Å². The fourth-order valence-corrected chi connectivity index (χ4v) is 3.10. The highest BCUT2D eigenvalue weighted by atomic mass is 16.5. The molecule has 0 amide bonds. The van der Waals surface area contributed by atoms with E-state index in [0.29, 0.717) is 6.10 Å². The first-order chi connectivity index (χ1) is 11.8. The Morgan fingerprint density at radius 2 is 2.12 bits per heavy atom. The third-order valence-corrected chi connectivity index (χ3v) is 4.49. The first-order valence-electron chi connectivity index (χ1n) is 8.76. The molecule has 1 atom stereocenters. The zero-order valence-electron chi connectivity index (χ0n) is 14.4. The van der Waals surface area contributed by atoms with Crippen LogP contribution in [0.15, 0.2) is 54.9 Å². The van der Waals surface area contributed by atoms with Crippen molar-refractivity contribution in [2.24, 2.45) is 0 Å². The number of rotatable bonds is 7. The van der Waals surface area contributed by atoms with Crippen LogP contribution in [-0.4, -0.2) is 35.7 Å². The van der Waals surface area contributed by atoms with Gasteiger partial charge in [0.15, 0.2) is 0 Å². The summed E-state index contributed by atoms with van der Waals surface area (Å²) in [5, 5.41) is 0. The van der Waals surface area contributed by atoms with Gasteiger partial charge in [0.05, 0.1) is 6.10 Å². The van der Waals surface area contributed by atoms with Crippen LogP contribution in [0.2, 0.25) is 0 Å². The van der Waals surface area contributed by atoms with E-state index in [1.165, 1.54) is 29.5 Å². The molecule has 1 aromatic heterocycles. The average molecular weight is 322 g/mol. The molecule has 24 heavy (non-hydrogen) atoms. The van der Waals surface area contributed by atoms with Gasteiger partial charge < -0.3 is 4.74 Å². The predicted molar refractivity (Wildman–Crippen MR) is 98.7 cm³/mol. The lowest BCUT2D eigenvalue weighted by molar-refractivity contribution is 0.0746. The van der Waals surface area contributed by atoms with Crippen LogP contribution in [0.25, 0.3) is 6.08 Å². The standard InChI is InChI=1S/C21H26N2O/c1-18-15-22-12-11-20(18)16-23(17-21-10-6-14-24-21)13-5-9-19-7-3-2-4-8-19/h2-5,7-9,11-12,15,21H,6,10,13-14,16-17H2,1H3/b9-5+/t21-/m1/s1. The molecule has 0 unspecified atom stereocenters. The van der Waals surface area contributed by atoms with Gasteiger partial charge in [0.25, 0.3) is 0 Å². The molecule has 3 rings (SSSR count). The number of ether oxygens (including phenoxy) is 1. The van der Waals surface area contributed by atoms with Gasteiger partial charge in [-0.25, -0.2) is 0 Å². The molecule has 2 aromatic rings. The molecule has 1 fully saturated rings. The Kier molecular flexibility index (Phi) is 6.16. The molecule has 0 bridgehead atoms. The van der Waals surface area contributed by atoms with E-state index in [1.807, 2.05) is 18.5 Å². The molecule has 3 nitrogen and oxygen atoms in total. The van der Waals surface area contributed by atoms with Crippen LogP contribution in [-0.2, 0) is 11.3 Å². The molecule has 1 saturated heterocycles. The second-order valence-corrected chi connectivity index (χ2v) is 6.44. The Morgan fingerprint density at radius 3 is 2.88 bits per heavy atom. The first kappa shape index (κ1) is 16.9. The summed E-state index contributed by atoms with van der Waals surface area (Å²) in [4.78, 5) is 6.67. The van der Waals surface area contributed by atoms with Crippen LogP contribution in [0, 0.1) is 6.92 Å². The molecule has 3 heteroatoms. The highest BCUT2D eigenvalue weighted by molar-refractivity contribution is 5.48. The van der Waals surface area contributed by atoms with Gasteiger partial charge in [0.1, 0.15) is 0 Å². The van der Waals surface area contributed by atoms with Crippen LogP contribution >= 0.6 is 0 Å². The van der Waals surface area contributed by atoms with Crippen LogP contribution in [0.5, 0.6) is 0 Å². The second kappa shape index (κ2) is 8.76. The summed E-state index contributed by atoms with van der Waals surface area (Å²) >= 11 is 0. The number of benzene rings is 1. The number of hydrogen-bond acceptors (Lipinski definition) is 3. The summed E-state index contributed by atoms with van der Waals surface area (Å²) in [6, 6.07) is 12.6. The van der Waals surface area contributed by atoms with Gasteiger partial charge in [0, 0.05) is 38.6 Å². The number of aromatic nitrogens is 1.